The summed E-state index contributed by atoms with van der Waals surface area (Å²) in [6.07, 6.45) is 12.6. The van der Waals surface area contributed by atoms with Gasteiger partial charge in [0.25, 0.3) is 0 Å². The van der Waals surface area contributed by atoms with E-state index in [4.69, 9.17) is 0 Å². The molecule has 2 aliphatic carbocycles. The smallest absolute Gasteiger partial charge is 0.147 e. The van der Waals surface area contributed by atoms with Crippen molar-refractivity contribution in [1.29, 1.82) is 0 Å². The first-order valence-corrected chi connectivity index (χ1v) is 12.2. The molecule has 2 aliphatic rings. The first-order chi connectivity index (χ1) is 13.1. The minimum Gasteiger partial charge on any atom is -0.147 e. The maximum absolute atomic E-state index is 2.56. The van der Waals surface area contributed by atoms with Gasteiger partial charge >= 0.3 is 181 Å². The molecule has 1 saturated carbocycles. The van der Waals surface area contributed by atoms with Gasteiger partial charge in [0.05, 0.1) is 0 Å². The van der Waals surface area contributed by atoms with E-state index in [0.29, 0.717) is 9.54 Å². The summed E-state index contributed by atoms with van der Waals surface area (Å²) in [4.78, 5) is 0. The van der Waals surface area contributed by atoms with Gasteiger partial charge in [0.15, 0.2) is 0 Å². The van der Waals surface area contributed by atoms with E-state index in [1.807, 2.05) is 0 Å². The predicted octanol–water partition coefficient (Wildman–Crippen LogP) is 8.67. The Hall–Kier alpha value is -0.357. The van der Waals surface area contributed by atoms with Crippen molar-refractivity contribution in [3.8, 4) is 11.1 Å². The summed E-state index contributed by atoms with van der Waals surface area (Å²) in [5, 5.41) is 0. The van der Waals surface area contributed by atoms with Gasteiger partial charge in [0.2, 0.25) is 0 Å². The fourth-order valence-electron chi connectivity index (χ4n) is 4.84. The summed E-state index contributed by atoms with van der Waals surface area (Å²) in [7, 11) is 0. The van der Waals surface area contributed by atoms with Crippen molar-refractivity contribution in [3.05, 3.63) is 64.7 Å². The van der Waals surface area contributed by atoms with Gasteiger partial charge < -0.3 is 0 Å². The molecule has 1 atom stereocenters. The Bertz CT molecular complexity index is 815. The molecule has 2 aromatic rings. The van der Waals surface area contributed by atoms with Gasteiger partial charge in [-0.1, -0.05) is 0 Å². The monoisotopic (exact) mass is 505 g/mol. The molecular formula is C26H33Cl2Zr. The van der Waals surface area contributed by atoms with Crippen molar-refractivity contribution < 1.29 is 24.7 Å². The quantitative estimate of drug-likeness (QED) is 0.363. The average Bonchev–Trinajstić information content (AvgIpc) is 2.85. The zero-order valence-electron chi connectivity index (χ0n) is 17.6. The van der Waals surface area contributed by atoms with Crippen LogP contribution in [0.5, 0.6) is 0 Å². The third kappa shape index (κ3) is 5.67. The number of allylic oxidation sites excluding steroid dienone is 1. The molecule has 0 nitrogen and oxygen atoms in total. The van der Waals surface area contributed by atoms with Crippen molar-refractivity contribution >= 4 is 30.9 Å². The molecule has 0 amide bonds. The molecular weight excluding hydrogens is 474 g/mol. The van der Waals surface area contributed by atoms with E-state index < -0.39 is 0 Å². The van der Waals surface area contributed by atoms with Gasteiger partial charge in [-0.2, -0.15) is 0 Å². The molecule has 29 heavy (non-hydrogen) atoms. The zero-order chi connectivity index (χ0) is 18.8. The number of benzene rings is 2. The molecule has 1 unspecified atom stereocenters. The number of rotatable bonds is 4. The van der Waals surface area contributed by atoms with Crippen LogP contribution in [-0.4, -0.2) is 0 Å². The van der Waals surface area contributed by atoms with Gasteiger partial charge in [-0.05, 0) is 0 Å². The summed E-state index contributed by atoms with van der Waals surface area (Å²) in [5.74, 6) is 1.51. The summed E-state index contributed by atoms with van der Waals surface area (Å²) >= 11 is 1.65. The SMILES string of the molecule is CC(C)c1ccc(-c2cccc3c2C=C(CC2CCCCCC2)[CH]3[Zr])cc1.Cl.Cl. The van der Waals surface area contributed by atoms with Crippen LogP contribution in [0.2, 0.25) is 0 Å². The van der Waals surface area contributed by atoms with Crippen LogP contribution in [0.15, 0.2) is 48.0 Å². The fourth-order valence-corrected chi connectivity index (χ4v) is 5.96. The Morgan fingerprint density at radius 2 is 1.55 bits per heavy atom. The molecule has 3 heteroatoms. The molecule has 0 aromatic heterocycles. The van der Waals surface area contributed by atoms with Gasteiger partial charge in [-0.25, -0.2) is 0 Å². The van der Waals surface area contributed by atoms with Crippen LogP contribution in [0.25, 0.3) is 17.2 Å². The summed E-state index contributed by atoms with van der Waals surface area (Å²) in [5.41, 5.74) is 9.00. The van der Waals surface area contributed by atoms with Crippen molar-refractivity contribution in [2.75, 3.05) is 0 Å². The van der Waals surface area contributed by atoms with E-state index in [1.165, 1.54) is 67.2 Å². The van der Waals surface area contributed by atoms with Crippen LogP contribution in [0.4, 0.5) is 0 Å². The van der Waals surface area contributed by atoms with Crippen molar-refractivity contribution in [2.24, 2.45) is 5.92 Å². The van der Waals surface area contributed by atoms with Gasteiger partial charge in [0, 0.05) is 0 Å². The third-order valence-corrected chi connectivity index (χ3v) is 8.21. The van der Waals surface area contributed by atoms with Crippen LogP contribution in [0, 0.1) is 5.92 Å². The maximum Gasteiger partial charge on any atom is -0.147 e. The summed E-state index contributed by atoms with van der Waals surface area (Å²) < 4.78 is 0.672. The van der Waals surface area contributed by atoms with E-state index in [1.54, 1.807) is 35.9 Å². The first kappa shape index (κ1) is 24.9. The fraction of sp³-hybridized carbons (Fsp3) is 0.462. The molecule has 4 rings (SSSR count). The topological polar surface area (TPSA) is 0 Å². The van der Waals surface area contributed by atoms with E-state index in [-0.39, 0.29) is 24.8 Å². The van der Waals surface area contributed by atoms with Crippen molar-refractivity contribution in [1.82, 2.24) is 0 Å². The molecule has 0 spiro atoms. The molecule has 0 heterocycles. The molecule has 0 aliphatic heterocycles. The minimum atomic E-state index is 0. The minimum absolute atomic E-state index is 0. The Morgan fingerprint density at radius 3 is 2.17 bits per heavy atom. The Labute approximate surface area is 204 Å². The van der Waals surface area contributed by atoms with Crippen LogP contribution < -0.4 is 0 Å². The van der Waals surface area contributed by atoms with Crippen LogP contribution in [-0.2, 0) is 24.7 Å². The predicted molar refractivity (Wildman–Crippen MR) is 127 cm³/mol. The molecule has 155 valence electrons. The van der Waals surface area contributed by atoms with Crippen molar-refractivity contribution in [2.45, 2.75) is 68.3 Å². The van der Waals surface area contributed by atoms with Gasteiger partial charge in [-0.15, -0.1) is 24.8 Å². The molecule has 0 N–H and O–H groups in total. The van der Waals surface area contributed by atoms with Crippen LogP contribution >= 0.6 is 24.8 Å². The number of fused-ring (bicyclic) bond motifs is 1. The number of hydrogen-bond acceptors (Lipinski definition) is 0. The van der Waals surface area contributed by atoms with Gasteiger partial charge in [-0.3, -0.25) is 0 Å². The van der Waals surface area contributed by atoms with Crippen LogP contribution in [0.1, 0.15) is 85.0 Å². The Morgan fingerprint density at radius 1 is 0.897 bits per heavy atom. The second-order valence-corrected chi connectivity index (χ2v) is 10.2. The van der Waals surface area contributed by atoms with Crippen molar-refractivity contribution in [3.63, 3.8) is 0 Å². The summed E-state index contributed by atoms with van der Waals surface area (Å²) in [6.45, 7) is 4.53. The Balaban J connectivity index is 0.00000150. The average molecular weight is 508 g/mol. The first-order valence-electron chi connectivity index (χ1n) is 10.8. The molecule has 0 saturated heterocycles. The largest absolute Gasteiger partial charge is 0.147 e. The number of hydrogen-bond donors (Lipinski definition) is 0. The normalized spacial score (nSPS) is 19.0. The van der Waals surface area contributed by atoms with Crippen LogP contribution in [0.3, 0.4) is 0 Å². The molecule has 0 radical (unpaired) electrons. The second kappa shape index (κ2) is 11.3. The maximum atomic E-state index is 2.56. The van der Waals surface area contributed by atoms with E-state index in [2.05, 4.69) is 62.4 Å². The van der Waals surface area contributed by atoms with E-state index in [9.17, 15) is 0 Å². The second-order valence-electron chi connectivity index (χ2n) is 8.80. The molecule has 2 aromatic carbocycles. The van der Waals surface area contributed by atoms with Gasteiger partial charge in [0.1, 0.15) is 0 Å². The zero-order valence-corrected chi connectivity index (χ0v) is 21.7. The van der Waals surface area contributed by atoms with E-state index >= 15 is 0 Å². The Kier molecular flexibility index (Phi) is 9.72. The number of halogens is 2. The van der Waals surface area contributed by atoms with E-state index in [0.717, 1.165) is 5.92 Å². The standard InChI is InChI=1S/C26H31.2ClH.Zr/c1-19(2)22-12-14-23(15-13-22)25-11-7-10-24-17-21(18-26(24)25)16-20-8-5-3-4-6-9-20;;;/h7,10-15,17-20H,3-6,8-9,16H2,1-2H3;2*1H;. The molecule has 0 bridgehead atoms. The third-order valence-electron chi connectivity index (χ3n) is 6.54. The summed E-state index contributed by atoms with van der Waals surface area (Å²) in [6, 6.07) is 16.2. The molecule has 1 fully saturated rings.